The van der Waals surface area contributed by atoms with E-state index in [1.807, 2.05) is 19.1 Å². The van der Waals surface area contributed by atoms with Crippen molar-refractivity contribution in [2.24, 2.45) is 0 Å². The van der Waals surface area contributed by atoms with Crippen molar-refractivity contribution in [1.29, 1.82) is 0 Å². The Bertz CT molecular complexity index is 590. The summed E-state index contributed by atoms with van der Waals surface area (Å²) in [5.41, 5.74) is 3.09. The van der Waals surface area contributed by atoms with Crippen molar-refractivity contribution in [3.63, 3.8) is 0 Å². The monoisotopic (exact) mass is 273 g/mol. The van der Waals surface area contributed by atoms with Gasteiger partial charge in [-0.2, -0.15) is 0 Å². The first kappa shape index (κ1) is 13.7. The Kier molecular flexibility index (Phi) is 4.27. The van der Waals surface area contributed by atoms with Gasteiger partial charge in [-0.15, -0.1) is 0 Å². The van der Waals surface area contributed by atoms with E-state index in [4.69, 9.17) is 0 Å². The lowest BCUT2D eigenvalue weighted by Crippen LogP contribution is -1.91. The van der Waals surface area contributed by atoms with E-state index in [1.165, 1.54) is 5.56 Å². The van der Waals surface area contributed by atoms with E-state index in [0.717, 1.165) is 22.6 Å². The minimum atomic E-state index is -0.321. The van der Waals surface area contributed by atoms with Crippen LogP contribution in [0.1, 0.15) is 18.1 Å². The summed E-state index contributed by atoms with van der Waals surface area (Å²) in [6.45, 7) is 4.03. The van der Waals surface area contributed by atoms with Gasteiger partial charge in [-0.05, 0) is 42.7 Å². The molecule has 0 aromatic heterocycles. The molecule has 0 fully saturated rings. The number of aromatic hydroxyl groups is 1. The largest absolute Gasteiger partial charge is 0.508 e. The van der Waals surface area contributed by atoms with Gasteiger partial charge >= 0.3 is 0 Å². The standard InChI is InChI=1S/C16H19NOS/c1-4-13-6-9-15(10-7-13)19(3)17-14-8-5-12(2)16(18)11-14/h5-11,17-18H,3-4H2,1-2H3. The van der Waals surface area contributed by atoms with Crippen LogP contribution in [0.3, 0.4) is 0 Å². The van der Waals surface area contributed by atoms with Crippen LogP contribution in [0.25, 0.3) is 0 Å². The molecule has 0 spiro atoms. The van der Waals surface area contributed by atoms with Crippen LogP contribution in [0.5, 0.6) is 5.75 Å². The van der Waals surface area contributed by atoms with E-state index >= 15 is 0 Å². The van der Waals surface area contributed by atoms with Gasteiger partial charge in [0.15, 0.2) is 0 Å². The van der Waals surface area contributed by atoms with Gasteiger partial charge in [0.2, 0.25) is 0 Å². The van der Waals surface area contributed by atoms with Crippen molar-refractivity contribution in [1.82, 2.24) is 0 Å². The number of anilines is 1. The third kappa shape index (κ3) is 3.38. The lowest BCUT2D eigenvalue weighted by atomic mass is 10.2. The molecule has 0 radical (unpaired) electrons. The second-order valence-electron chi connectivity index (χ2n) is 4.49. The third-order valence-corrected chi connectivity index (χ3v) is 4.39. The van der Waals surface area contributed by atoms with Gasteiger partial charge in [0.05, 0.1) is 0 Å². The van der Waals surface area contributed by atoms with Crippen LogP contribution >= 0.6 is 10.7 Å². The molecular weight excluding hydrogens is 254 g/mol. The van der Waals surface area contributed by atoms with E-state index in [0.29, 0.717) is 5.75 Å². The fraction of sp³-hybridized carbons (Fsp3) is 0.188. The van der Waals surface area contributed by atoms with Gasteiger partial charge in [0.25, 0.3) is 0 Å². The normalized spacial score (nSPS) is 12.1. The Labute approximate surface area is 117 Å². The zero-order valence-corrected chi connectivity index (χ0v) is 12.1. The molecule has 2 N–H and O–H groups in total. The molecule has 2 rings (SSSR count). The van der Waals surface area contributed by atoms with Crippen molar-refractivity contribution in [3.8, 4) is 5.75 Å². The molecular formula is C16H19NOS. The van der Waals surface area contributed by atoms with Crippen LogP contribution in [0.4, 0.5) is 5.69 Å². The molecule has 2 aromatic rings. The van der Waals surface area contributed by atoms with Gasteiger partial charge in [0, 0.05) is 16.6 Å². The molecule has 1 unspecified atom stereocenters. The lowest BCUT2D eigenvalue weighted by Gasteiger charge is -2.12. The predicted molar refractivity (Wildman–Crippen MR) is 85.3 cm³/mol. The first-order valence-corrected chi connectivity index (χ1v) is 7.68. The van der Waals surface area contributed by atoms with E-state index in [9.17, 15) is 5.11 Å². The molecule has 0 heterocycles. The van der Waals surface area contributed by atoms with Gasteiger partial charge < -0.3 is 9.83 Å². The first-order chi connectivity index (χ1) is 9.10. The van der Waals surface area contributed by atoms with Crippen LogP contribution in [0, 0.1) is 6.92 Å². The van der Waals surface area contributed by atoms with Crippen molar-refractivity contribution in [2.45, 2.75) is 25.2 Å². The molecule has 0 aliphatic rings. The second kappa shape index (κ2) is 5.93. The number of aryl methyl sites for hydroxylation is 2. The molecule has 0 amide bonds. The summed E-state index contributed by atoms with van der Waals surface area (Å²) in [4.78, 5) is 1.16. The summed E-state index contributed by atoms with van der Waals surface area (Å²) in [6, 6.07) is 14.1. The highest BCUT2D eigenvalue weighted by Crippen LogP contribution is 2.29. The Morgan fingerprint density at radius 3 is 2.42 bits per heavy atom. The molecule has 19 heavy (non-hydrogen) atoms. The average Bonchev–Trinajstić information content (AvgIpc) is 2.43. The first-order valence-electron chi connectivity index (χ1n) is 6.29. The summed E-state index contributed by atoms with van der Waals surface area (Å²) in [6.07, 6.45) is 1.05. The summed E-state index contributed by atoms with van der Waals surface area (Å²) in [5, 5.41) is 9.69. The number of nitrogens with one attached hydrogen (secondary N) is 1. The minimum Gasteiger partial charge on any atom is -0.508 e. The van der Waals surface area contributed by atoms with Crippen LogP contribution < -0.4 is 4.72 Å². The second-order valence-corrected chi connectivity index (χ2v) is 5.95. The number of benzene rings is 2. The molecule has 0 saturated heterocycles. The number of rotatable bonds is 4. The lowest BCUT2D eigenvalue weighted by molar-refractivity contribution is 0.471. The molecule has 0 aliphatic heterocycles. The molecule has 2 nitrogen and oxygen atoms in total. The maximum Gasteiger partial charge on any atom is 0.120 e. The van der Waals surface area contributed by atoms with Gasteiger partial charge in [-0.25, -0.2) is 0 Å². The van der Waals surface area contributed by atoms with E-state index in [2.05, 4.69) is 41.8 Å². The van der Waals surface area contributed by atoms with Crippen molar-refractivity contribution < 1.29 is 5.11 Å². The summed E-state index contributed by atoms with van der Waals surface area (Å²) >= 11 is 0. The molecule has 100 valence electrons. The molecule has 2 aromatic carbocycles. The van der Waals surface area contributed by atoms with Gasteiger partial charge in [-0.3, -0.25) is 0 Å². The Hall–Kier alpha value is -1.74. The van der Waals surface area contributed by atoms with E-state index < -0.39 is 0 Å². The Balaban J connectivity index is 2.13. The maximum absolute atomic E-state index is 9.69. The summed E-state index contributed by atoms with van der Waals surface area (Å²) < 4.78 is 3.32. The van der Waals surface area contributed by atoms with E-state index in [1.54, 1.807) is 6.07 Å². The number of phenols is 1. The topological polar surface area (TPSA) is 32.3 Å². The highest BCUT2D eigenvalue weighted by Gasteiger charge is 2.01. The smallest absolute Gasteiger partial charge is 0.120 e. The molecule has 0 bridgehead atoms. The summed E-state index contributed by atoms with van der Waals surface area (Å²) in [7, 11) is -0.321. The van der Waals surface area contributed by atoms with Gasteiger partial charge in [0.1, 0.15) is 5.75 Å². The molecule has 0 saturated carbocycles. The van der Waals surface area contributed by atoms with Crippen molar-refractivity contribution in [3.05, 3.63) is 53.6 Å². The van der Waals surface area contributed by atoms with Crippen LogP contribution in [0.15, 0.2) is 47.4 Å². The highest BCUT2D eigenvalue weighted by atomic mass is 32.2. The molecule has 1 atom stereocenters. The molecule has 0 aliphatic carbocycles. The van der Waals surface area contributed by atoms with Crippen LogP contribution in [-0.2, 0) is 6.42 Å². The van der Waals surface area contributed by atoms with Crippen molar-refractivity contribution >= 4 is 22.2 Å². The van der Waals surface area contributed by atoms with Crippen LogP contribution in [-0.4, -0.2) is 11.0 Å². The average molecular weight is 273 g/mol. The van der Waals surface area contributed by atoms with Crippen LogP contribution in [0.2, 0.25) is 0 Å². The minimum absolute atomic E-state index is 0.309. The zero-order chi connectivity index (χ0) is 13.8. The quantitative estimate of drug-likeness (QED) is 0.812. The van der Waals surface area contributed by atoms with Gasteiger partial charge in [-0.1, -0.05) is 41.7 Å². The predicted octanol–water partition coefficient (Wildman–Crippen LogP) is 4.35. The fourth-order valence-corrected chi connectivity index (χ4v) is 2.76. The Morgan fingerprint density at radius 2 is 1.84 bits per heavy atom. The SMILES string of the molecule is C=S(Nc1ccc(C)c(O)c1)c1ccc(CC)cc1. The number of phenolic OH excluding ortho intramolecular Hbond substituents is 1. The molecule has 3 heteroatoms. The maximum atomic E-state index is 9.69. The fourth-order valence-electron chi connectivity index (χ4n) is 1.76. The number of hydrogen-bond acceptors (Lipinski definition) is 2. The van der Waals surface area contributed by atoms with E-state index in [-0.39, 0.29) is 10.7 Å². The van der Waals surface area contributed by atoms with Crippen molar-refractivity contribution in [2.75, 3.05) is 4.72 Å². The third-order valence-electron chi connectivity index (χ3n) is 3.07. The number of hydrogen-bond donors (Lipinski definition) is 2. The highest BCUT2D eigenvalue weighted by molar-refractivity contribution is 8.15. The summed E-state index contributed by atoms with van der Waals surface area (Å²) in [5.74, 6) is 4.45. The Morgan fingerprint density at radius 1 is 1.16 bits per heavy atom. The zero-order valence-electron chi connectivity index (χ0n) is 11.3.